The lowest BCUT2D eigenvalue weighted by atomic mass is 10.0. The molecular formula is C24H24N2O2. The Morgan fingerprint density at radius 1 is 0.964 bits per heavy atom. The molecule has 0 unspecified atom stereocenters. The lowest BCUT2D eigenvalue weighted by Gasteiger charge is -1.99. The van der Waals surface area contributed by atoms with E-state index in [1.807, 2.05) is 54.7 Å². The summed E-state index contributed by atoms with van der Waals surface area (Å²) in [6.45, 7) is 2.05. The van der Waals surface area contributed by atoms with Gasteiger partial charge >= 0.3 is 0 Å². The summed E-state index contributed by atoms with van der Waals surface area (Å²) in [5, 5.41) is 9.90. The number of benzene rings is 2. The minimum absolute atomic E-state index is 0. The molecule has 4 rings (SSSR count). The summed E-state index contributed by atoms with van der Waals surface area (Å²) in [7, 11) is 1.00. The van der Waals surface area contributed by atoms with E-state index in [1.54, 1.807) is 0 Å². The maximum absolute atomic E-state index is 12.3. The Morgan fingerprint density at radius 2 is 1.71 bits per heavy atom. The van der Waals surface area contributed by atoms with Crippen LogP contribution in [0.4, 0.5) is 5.69 Å². The minimum Gasteiger partial charge on any atom is -0.400 e. The summed E-state index contributed by atoms with van der Waals surface area (Å²) in [5.41, 5.74) is 6.31. The van der Waals surface area contributed by atoms with Gasteiger partial charge in [-0.3, -0.25) is 4.79 Å². The molecule has 1 amide bonds. The topological polar surface area (TPSA) is 65.1 Å². The van der Waals surface area contributed by atoms with Crippen molar-refractivity contribution in [1.29, 1.82) is 0 Å². The third-order valence-corrected chi connectivity index (χ3v) is 4.09. The molecule has 4 heteroatoms. The van der Waals surface area contributed by atoms with Crippen LogP contribution in [-0.4, -0.2) is 23.1 Å². The van der Waals surface area contributed by atoms with Gasteiger partial charge in [-0.1, -0.05) is 31.4 Å². The first-order chi connectivity index (χ1) is 13.2. The number of hydrogen-bond acceptors (Lipinski definition) is 2. The van der Waals surface area contributed by atoms with Crippen LogP contribution in [0.5, 0.6) is 0 Å². The second-order valence-corrected chi connectivity index (χ2v) is 6.02. The summed E-state index contributed by atoms with van der Waals surface area (Å²) in [5.74, 6) is 6.28. The van der Waals surface area contributed by atoms with E-state index in [1.165, 1.54) is 5.56 Å². The highest BCUT2D eigenvalue weighted by Crippen LogP contribution is 2.33. The number of nitrogens with one attached hydrogen (secondary N) is 2. The number of rotatable bonds is 1. The third kappa shape index (κ3) is 4.59. The zero-order valence-electron chi connectivity index (χ0n) is 15.2. The van der Waals surface area contributed by atoms with Gasteiger partial charge in [-0.05, 0) is 61.0 Å². The molecular weight excluding hydrogens is 348 g/mol. The molecule has 0 aliphatic carbocycles. The highest BCUT2D eigenvalue weighted by Gasteiger charge is 2.24. The Kier molecular flexibility index (Phi) is 6.97. The van der Waals surface area contributed by atoms with Crippen molar-refractivity contribution in [1.82, 2.24) is 4.98 Å². The second kappa shape index (κ2) is 9.40. The van der Waals surface area contributed by atoms with Gasteiger partial charge in [0.05, 0.1) is 5.57 Å². The van der Waals surface area contributed by atoms with Crippen molar-refractivity contribution in [2.45, 2.75) is 14.4 Å². The highest BCUT2D eigenvalue weighted by atomic mass is 16.2. The highest BCUT2D eigenvalue weighted by molar-refractivity contribution is 6.34. The molecule has 1 aliphatic heterocycles. The zero-order chi connectivity index (χ0) is 19.2. The number of aromatic nitrogens is 1. The van der Waals surface area contributed by atoms with E-state index >= 15 is 0 Å². The van der Waals surface area contributed by atoms with Gasteiger partial charge in [-0.25, -0.2) is 0 Å². The average Bonchev–Trinajstić information content (AvgIpc) is 3.30. The van der Waals surface area contributed by atoms with Crippen molar-refractivity contribution < 1.29 is 9.90 Å². The van der Waals surface area contributed by atoms with Gasteiger partial charge in [-0.15, -0.1) is 0 Å². The summed E-state index contributed by atoms with van der Waals surface area (Å²) >= 11 is 0. The molecule has 142 valence electrons. The van der Waals surface area contributed by atoms with E-state index in [9.17, 15) is 4.79 Å². The quantitative estimate of drug-likeness (QED) is 0.436. The minimum atomic E-state index is -0.0895. The van der Waals surface area contributed by atoms with Crippen LogP contribution in [0.2, 0.25) is 0 Å². The molecule has 28 heavy (non-hydrogen) atoms. The third-order valence-electron chi connectivity index (χ3n) is 4.09. The summed E-state index contributed by atoms with van der Waals surface area (Å²) < 4.78 is 0. The molecule has 2 heterocycles. The molecule has 0 saturated heterocycles. The number of amides is 1. The Hall–Kier alpha value is -3.55. The molecule has 0 atom stereocenters. The fourth-order valence-corrected chi connectivity index (χ4v) is 2.87. The normalized spacial score (nSPS) is 12.7. The molecule has 2 aromatic carbocycles. The van der Waals surface area contributed by atoms with Crippen LogP contribution in [0.3, 0.4) is 0 Å². The molecule has 1 aliphatic rings. The number of fused-ring (bicyclic) bond motifs is 1. The van der Waals surface area contributed by atoms with Gasteiger partial charge in [0.15, 0.2) is 0 Å². The molecule has 3 N–H and O–H groups in total. The molecule has 1 aromatic heterocycles. The van der Waals surface area contributed by atoms with Gasteiger partial charge in [0.2, 0.25) is 0 Å². The second-order valence-electron chi connectivity index (χ2n) is 6.02. The van der Waals surface area contributed by atoms with Crippen molar-refractivity contribution in [3.8, 4) is 11.8 Å². The zero-order valence-corrected chi connectivity index (χ0v) is 15.2. The first-order valence-corrected chi connectivity index (χ1v) is 8.53. The summed E-state index contributed by atoms with van der Waals surface area (Å²) in [6, 6.07) is 17.7. The number of H-pyrrole nitrogens is 1. The van der Waals surface area contributed by atoms with E-state index in [0.717, 1.165) is 35.2 Å². The van der Waals surface area contributed by atoms with Gasteiger partial charge < -0.3 is 15.4 Å². The van der Waals surface area contributed by atoms with E-state index in [4.69, 9.17) is 5.11 Å². The van der Waals surface area contributed by atoms with Crippen LogP contribution in [0.15, 0.2) is 60.8 Å². The number of carbonyl (C=O) groups excluding carboxylic acids is 1. The lowest BCUT2D eigenvalue weighted by molar-refractivity contribution is -0.110. The van der Waals surface area contributed by atoms with E-state index in [2.05, 4.69) is 41.2 Å². The number of aryl methyl sites for hydroxylation is 1. The Morgan fingerprint density at radius 3 is 2.39 bits per heavy atom. The van der Waals surface area contributed by atoms with Gasteiger partial charge in [0, 0.05) is 41.4 Å². The molecule has 0 spiro atoms. The van der Waals surface area contributed by atoms with Gasteiger partial charge in [-0.2, -0.15) is 0 Å². The average molecular weight is 372 g/mol. The number of aliphatic hydroxyl groups is 1. The van der Waals surface area contributed by atoms with Gasteiger partial charge in [0.1, 0.15) is 0 Å². The van der Waals surface area contributed by atoms with Gasteiger partial charge in [0.25, 0.3) is 5.91 Å². The molecule has 0 saturated carbocycles. The van der Waals surface area contributed by atoms with Crippen LogP contribution in [-0.2, 0) is 4.79 Å². The van der Waals surface area contributed by atoms with E-state index < -0.39 is 0 Å². The van der Waals surface area contributed by atoms with E-state index in [0.29, 0.717) is 5.57 Å². The molecule has 0 radical (unpaired) electrons. The largest absolute Gasteiger partial charge is 0.400 e. The van der Waals surface area contributed by atoms with Crippen LogP contribution < -0.4 is 5.32 Å². The Bertz CT molecular complexity index is 1050. The predicted molar refractivity (Wildman–Crippen MR) is 116 cm³/mol. The first kappa shape index (κ1) is 20.8. The standard InChI is InChI=1S/C22H16N2O.CH4O.CH4/c1-15-4-2-5-16(12-15)7-8-17-9-10-21-19(13-17)20(22(25)24-21)14-18-6-3-11-23-18;1-2;/h2-6,9-14,23H,1H3,(H,24,25);2H,1H3;1H4/b20-14-;;. The number of anilines is 1. The van der Waals surface area contributed by atoms with Crippen LogP contribution in [0.25, 0.3) is 11.6 Å². The first-order valence-electron chi connectivity index (χ1n) is 8.53. The molecule has 0 fully saturated rings. The SMILES string of the molecule is C.CO.Cc1cccc(C#Cc2ccc3c(c2)/C(=C/c2ccc[nH]2)C(=O)N3)c1. The Labute approximate surface area is 165 Å². The van der Waals surface area contributed by atoms with Crippen molar-refractivity contribution in [2.24, 2.45) is 0 Å². The number of aliphatic hydroxyl groups excluding tert-OH is 1. The van der Waals surface area contributed by atoms with Crippen LogP contribution in [0.1, 0.15) is 35.4 Å². The fraction of sp³-hybridized carbons (Fsp3) is 0.125. The van der Waals surface area contributed by atoms with Crippen LogP contribution >= 0.6 is 0 Å². The fourth-order valence-electron chi connectivity index (χ4n) is 2.87. The van der Waals surface area contributed by atoms with Crippen molar-refractivity contribution in [2.75, 3.05) is 12.4 Å². The van der Waals surface area contributed by atoms with E-state index in [-0.39, 0.29) is 13.3 Å². The monoisotopic (exact) mass is 372 g/mol. The lowest BCUT2D eigenvalue weighted by Crippen LogP contribution is -2.03. The molecule has 0 bridgehead atoms. The molecule has 4 nitrogen and oxygen atoms in total. The maximum atomic E-state index is 12.3. The summed E-state index contributed by atoms with van der Waals surface area (Å²) in [6.07, 6.45) is 3.70. The molecule has 3 aromatic rings. The van der Waals surface area contributed by atoms with Crippen LogP contribution in [0, 0.1) is 18.8 Å². The van der Waals surface area contributed by atoms with Crippen molar-refractivity contribution >= 4 is 23.2 Å². The number of aromatic amines is 1. The van der Waals surface area contributed by atoms with Crippen molar-refractivity contribution in [3.63, 3.8) is 0 Å². The number of carbonyl (C=O) groups is 1. The Balaban J connectivity index is 0.000000906. The van der Waals surface area contributed by atoms with Crippen molar-refractivity contribution in [3.05, 3.63) is 88.7 Å². The number of hydrogen-bond donors (Lipinski definition) is 3. The summed E-state index contributed by atoms with van der Waals surface area (Å²) in [4.78, 5) is 15.4. The maximum Gasteiger partial charge on any atom is 0.256 e. The smallest absolute Gasteiger partial charge is 0.256 e. The predicted octanol–water partition coefficient (Wildman–Crippen LogP) is 4.46.